The first-order valence-electron chi connectivity index (χ1n) is 17.9. The van der Waals surface area contributed by atoms with E-state index in [1.54, 1.807) is 0 Å². The first kappa shape index (κ1) is 26.9. The van der Waals surface area contributed by atoms with Crippen LogP contribution in [0.25, 0.3) is 120 Å². The van der Waals surface area contributed by atoms with Gasteiger partial charge in [0, 0.05) is 38.1 Å². The zero-order chi connectivity index (χ0) is 33.7. The van der Waals surface area contributed by atoms with Crippen LogP contribution < -0.4 is 4.74 Å². The van der Waals surface area contributed by atoms with Crippen LogP contribution in [-0.2, 0) is 0 Å². The molecule has 0 aliphatic carbocycles. The standard InChI is InChI=1S/C50H26O2/c1-2-6-34-26-42-40(25-33(34)5-1)48-37(35-20-17-30-13-11-27-7-3-8-28-18-21-36(35)44(30)43(27)28)23-24-39(50(48)52-42)38-22-19-32-16-15-31-14-12-29-9-4-10-41-45(29)46(31)47(32)49(38)51-41/h1-26H. The molecule has 0 radical (unpaired) electrons. The molecule has 0 spiro atoms. The van der Waals surface area contributed by atoms with E-state index in [0.717, 1.165) is 55.3 Å². The van der Waals surface area contributed by atoms with E-state index in [4.69, 9.17) is 9.15 Å². The molecule has 1 aliphatic rings. The van der Waals surface area contributed by atoms with Crippen molar-refractivity contribution in [2.24, 2.45) is 0 Å². The van der Waals surface area contributed by atoms with Gasteiger partial charge < -0.3 is 9.15 Å². The fourth-order valence-corrected chi connectivity index (χ4v) is 9.43. The Morgan fingerprint density at radius 3 is 1.65 bits per heavy atom. The molecule has 238 valence electrons. The lowest BCUT2D eigenvalue weighted by Crippen LogP contribution is -1.97. The molecule has 2 heteroatoms. The van der Waals surface area contributed by atoms with E-state index in [2.05, 4.69) is 158 Å². The Hall–Kier alpha value is -6.90. The second-order valence-electron chi connectivity index (χ2n) is 14.4. The summed E-state index contributed by atoms with van der Waals surface area (Å²) in [6.45, 7) is 0. The van der Waals surface area contributed by atoms with E-state index < -0.39 is 0 Å². The summed E-state index contributed by atoms with van der Waals surface area (Å²) in [5, 5.41) is 19.5. The van der Waals surface area contributed by atoms with Gasteiger partial charge in [-0.3, -0.25) is 0 Å². The highest BCUT2D eigenvalue weighted by molar-refractivity contribution is 6.29. The van der Waals surface area contributed by atoms with E-state index in [-0.39, 0.29) is 0 Å². The zero-order valence-electron chi connectivity index (χ0n) is 27.8. The summed E-state index contributed by atoms with van der Waals surface area (Å²) in [7, 11) is 0. The maximum absolute atomic E-state index is 7.05. The van der Waals surface area contributed by atoms with Gasteiger partial charge in [-0.1, -0.05) is 127 Å². The van der Waals surface area contributed by atoms with Crippen molar-refractivity contribution >= 4 is 97.3 Å². The van der Waals surface area contributed by atoms with Gasteiger partial charge in [0.05, 0.1) is 0 Å². The van der Waals surface area contributed by atoms with Crippen molar-refractivity contribution in [3.63, 3.8) is 0 Å². The summed E-state index contributed by atoms with van der Waals surface area (Å²) in [6.07, 6.45) is 0. The molecule has 2 nitrogen and oxygen atoms in total. The lowest BCUT2D eigenvalue weighted by Gasteiger charge is -2.23. The van der Waals surface area contributed by atoms with Crippen molar-refractivity contribution in [3.05, 3.63) is 158 Å². The quantitative estimate of drug-likeness (QED) is 0.173. The van der Waals surface area contributed by atoms with Gasteiger partial charge in [-0.2, -0.15) is 0 Å². The second kappa shape index (κ2) is 9.45. The van der Waals surface area contributed by atoms with E-state index in [0.29, 0.717) is 0 Å². The highest BCUT2D eigenvalue weighted by atomic mass is 16.5. The molecule has 2 heterocycles. The first-order chi connectivity index (χ1) is 25.8. The molecule has 12 aromatic rings. The highest BCUT2D eigenvalue weighted by Gasteiger charge is 2.26. The molecule has 52 heavy (non-hydrogen) atoms. The molecular formula is C50H26O2. The molecule has 0 saturated heterocycles. The summed E-state index contributed by atoms with van der Waals surface area (Å²) in [6, 6.07) is 57.6. The zero-order valence-corrected chi connectivity index (χ0v) is 27.8. The first-order valence-corrected chi connectivity index (χ1v) is 17.9. The van der Waals surface area contributed by atoms with Crippen molar-refractivity contribution in [2.75, 3.05) is 0 Å². The molecule has 11 aromatic carbocycles. The number of ether oxygens (including phenoxy) is 1. The van der Waals surface area contributed by atoms with Crippen molar-refractivity contribution in [1.82, 2.24) is 0 Å². The largest absolute Gasteiger partial charge is 0.455 e. The van der Waals surface area contributed by atoms with Crippen molar-refractivity contribution < 1.29 is 9.15 Å². The molecule has 0 fully saturated rings. The van der Waals surface area contributed by atoms with Crippen LogP contribution in [0.3, 0.4) is 0 Å². The van der Waals surface area contributed by atoms with Crippen LogP contribution >= 0.6 is 0 Å². The molecule has 0 bridgehead atoms. The van der Waals surface area contributed by atoms with Crippen LogP contribution in [0, 0.1) is 0 Å². The third-order valence-corrected chi connectivity index (χ3v) is 11.7. The van der Waals surface area contributed by atoms with Gasteiger partial charge in [0.15, 0.2) is 0 Å². The van der Waals surface area contributed by atoms with Crippen LogP contribution in [0.5, 0.6) is 11.5 Å². The normalized spacial score (nSPS) is 12.8. The van der Waals surface area contributed by atoms with Crippen LogP contribution in [0.1, 0.15) is 0 Å². The topological polar surface area (TPSA) is 22.4 Å². The molecule has 1 aliphatic heterocycles. The highest BCUT2D eigenvalue weighted by Crippen LogP contribution is 2.53. The number of furan rings is 1. The van der Waals surface area contributed by atoms with Crippen LogP contribution in [-0.4, -0.2) is 0 Å². The fraction of sp³-hybridized carbons (Fsp3) is 0. The molecule has 13 rings (SSSR count). The van der Waals surface area contributed by atoms with Gasteiger partial charge in [0.1, 0.15) is 22.7 Å². The summed E-state index contributed by atoms with van der Waals surface area (Å²) in [5.41, 5.74) is 6.18. The van der Waals surface area contributed by atoms with E-state index in [9.17, 15) is 0 Å². The van der Waals surface area contributed by atoms with Gasteiger partial charge in [0.25, 0.3) is 0 Å². The molecule has 0 N–H and O–H groups in total. The maximum Gasteiger partial charge on any atom is 0.144 e. The predicted molar refractivity (Wildman–Crippen MR) is 218 cm³/mol. The van der Waals surface area contributed by atoms with Gasteiger partial charge in [-0.15, -0.1) is 0 Å². The minimum absolute atomic E-state index is 0.872. The molecule has 0 atom stereocenters. The smallest absolute Gasteiger partial charge is 0.144 e. The minimum atomic E-state index is 0.872. The van der Waals surface area contributed by atoms with Crippen LogP contribution in [0.4, 0.5) is 0 Å². The Bertz CT molecular complexity index is 3530. The van der Waals surface area contributed by atoms with Gasteiger partial charge in [-0.05, 0) is 101 Å². The summed E-state index contributed by atoms with van der Waals surface area (Å²) in [5.74, 6) is 1.78. The number of fused-ring (bicyclic) bond motifs is 4. The third kappa shape index (κ3) is 3.35. The number of hydrogen-bond donors (Lipinski definition) is 0. The Morgan fingerprint density at radius 1 is 0.308 bits per heavy atom. The summed E-state index contributed by atoms with van der Waals surface area (Å²) in [4.78, 5) is 0. The third-order valence-electron chi connectivity index (χ3n) is 11.7. The Morgan fingerprint density at radius 2 is 0.865 bits per heavy atom. The van der Waals surface area contributed by atoms with Crippen LogP contribution in [0.2, 0.25) is 0 Å². The molecule has 0 saturated carbocycles. The average Bonchev–Trinajstić information content (AvgIpc) is 3.57. The minimum Gasteiger partial charge on any atom is -0.455 e. The maximum atomic E-state index is 7.05. The van der Waals surface area contributed by atoms with Gasteiger partial charge in [-0.25, -0.2) is 0 Å². The second-order valence-corrected chi connectivity index (χ2v) is 14.4. The average molecular weight is 659 g/mol. The molecule has 0 unspecified atom stereocenters. The summed E-state index contributed by atoms with van der Waals surface area (Å²) < 4.78 is 14.0. The van der Waals surface area contributed by atoms with Gasteiger partial charge in [0.2, 0.25) is 0 Å². The number of rotatable bonds is 2. The Kier molecular flexibility index (Phi) is 4.89. The lowest BCUT2D eigenvalue weighted by atomic mass is 9.87. The van der Waals surface area contributed by atoms with Crippen molar-refractivity contribution in [1.29, 1.82) is 0 Å². The van der Waals surface area contributed by atoms with E-state index >= 15 is 0 Å². The van der Waals surface area contributed by atoms with Gasteiger partial charge >= 0.3 is 0 Å². The van der Waals surface area contributed by atoms with Crippen LogP contribution in [0.15, 0.2) is 162 Å². The van der Waals surface area contributed by atoms with E-state index in [1.165, 1.54) is 75.8 Å². The number of hydrogen-bond acceptors (Lipinski definition) is 2. The monoisotopic (exact) mass is 658 g/mol. The van der Waals surface area contributed by atoms with E-state index in [1.807, 2.05) is 0 Å². The van der Waals surface area contributed by atoms with Crippen molar-refractivity contribution in [3.8, 4) is 33.8 Å². The fourth-order valence-electron chi connectivity index (χ4n) is 9.43. The Balaban J connectivity index is 1.17. The summed E-state index contributed by atoms with van der Waals surface area (Å²) >= 11 is 0. The Labute approximate surface area is 297 Å². The molecule has 0 amide bonds. The lowest BCUT2D eigenvalue weighted by molar-refractivity contribution is 0.494. The predicted octanol–water partition coefficient (Wildman–Crippen LogP) is 14.5. The SMILES string of the molecule is c1ccc2cc3c(cc2c1)oc1c(-c2ccc4ccc5ccc6cccc7c6c5c4c2O7)ccc(-c2ccc4ccc5cccc6ccc2c4c56)c13. The van der Waals surface area contributed by atoms with Crippen molar-refractivity contribution in [2.45, 2.75) is 0 Å². The molecule has 1 aromatic heterocycles. The number of benzene rings is 11. The molecular weight excluding hydrogens is 633 g/mol.